The van der Waals surface area contributed by atoms with E-state index in [1.165, 1.54) is 57.9 Å². The summed E-state index contributed by atoms with van der Waals surface area (Å²) in [7, 11) is 0. The van der Waals surface area contributed by atoms with Gasteiger partial charge in [0.05, 0.1) is 6.10 Å². The molecular formula is C16H32N2O. The maximum absolute atomic E-state index is 10.4. The highest BCUT2D eigenvalue weighted by molar-refractivity contribution is 4.85. The summed E-state index contributed by atoms with van der Waals surface area (Å²) < 4.78 is 0. The fourth-order valence-corrected chi connectivity index (χ4v) is 3.74. The van der Waals surface area contributed by atoms with Gasteiger partial charge in [0.15, 0.2) is 0 Å². The summed E-state index contributed by atoms with van der Waals surface area (Å²) in [5, 5.41) is 14.1. The Morgan fingerprint density at radius 1 is 1.05 bits per heavy atom. The van der Waals surface area contributed by atoms with E-state index in [2.05, 4.69) is 17.1 Å². The number of hydrogen-bond donors (Lipinski definition) is 2. The van der Waals surface area contributed by atoms with Crippen molar-refractivity contribution in [3.63, 3.8) is 0 Å². The summed E-state index contributed by atoms with van der Waals surface area (Å²) >= 11 is 0. The second-order valence-corrected chi connectivity index (χ2v) is 6.41. The van der Waals surface area contributed by atoms with E-state index < -0.39 is 0 Å². The summed E-state index contributed by atoms with van der Waals surface area (Å²) in [5.74, 6) is 0. The first-order valence-corrected chi connectivity index (χ1v) is 8.46. The molecule has 112 valence electrons. The maximum Gasteiger partial charge on any atom is 0.0695 e. The third kappa shape index (κ3) is 4.73. The number of rotatable bonds is 5. The summed E-state index contributed by atoms with van der Waals surface area (Å²) in [6.45, 7) is 5.71. The molecule has 0 aromatic carbocycles. The zero-order valence-corrected chi connectivity index (χ0v) is 12.6. The van der Waals surface area contributed by atoms with E-state index in [0.29, 0.717) is 12.1 Å². The molecule has 2 N–H and O–H groups in total. The van der Waals surface area contributed by atoms with Gasteiger partial charge in [0.2, 0.25) is 0 Å². The molecule has 1 saturated carbocycles. The average Bonchev–Trinajstić information content (AvgIpc) is 2.64. The molecule has 0 amide bonds. The van der Waals surface area contributed by atoms with E-state index in [0.717, 1.165) is 19.5 Å². The zero-order valence-electron chi connectivity index (χ0n) is 12.6. The van der Waals surface area contributed by atoms with Crippen molar-refractivity contribution in [3.05, 3.63) is 0 Å². The Kier molecular flexibility index (Phi) is 6.62. The molecule has 0 radical (unpaired) electrons. The van der Waals surface area contributed by atoms with Gasteiger partial charge in [-0.05, 0) is 45.2 Å². The van der Waals surface area contributed by atoms with E-state index in [9.17, 15) is 5.11 Å². The summed E-state index contributed by atoms with van der Waals surface area (Å²) in [6, 6.07) is 1.06. The van der Waals surface area contributed by atoms with Crippen molar-refractivity contribution >= 4 is 0 Å². The van der Waals surface area contributed by atoms with Crippen molar-refractivity contribution in [1.29, 1.82) is 0 Å². The highest BCUT2D eigenvalue weighted by atomic mass is 16.3. The summed E-state index contributed by atoms with van der Waals surface area (Å²) in [4.78, 5) is 2.58. The molecule has 1 aliphatic heterocycles. The molecule has 1 saturated heterocycles. The number of nitrogens with one attached hydrogen (secondary N) is 1. The van der Waals surface area contributed by atoms with Gasteiger partial charge >= 0.3 is 0 Å². The number of piperidine rings is 1. The molecule has 0 aromatic heterocycles. The Balaban J connectivity index is 1.92. The van der Waals surface area contributed by atoms with Gasteiger partial charge in [-0.2, -0.15) is 0 Å². The smallest absolute Gasteiger partial charge is 0.0695 e. The molecule has 19 heavy (non-hydrogen) atoms. The minimum Gasteiger partial charge on any atom is -0.391 e. The van der Waals surface area contributed by atoms with Gasteiger partial charge in [0, 0.05) is 18.6 Å². The van der Waals surface area contributed by atoms with Crippen LogP contribution in [0.5, 0.6) is 0 Å². The average molecular weight is 268 g/mol. The van der Waals surface area contributed by atoms with Crippen LogP contribution in [0.15, 0.2) is 0 Å². The molecule has 3 nitrogen and oxygen atoms in total. The fraction of sp³-hybridized carbons (Fsp3) is 1.00. The predicted octanol–water partition coefficient (Wildman–Crippen LogP) is 2.53. The van der Waals surface area contributed by atoms with Crippen molar-refractivity contribution in [1.82, 2.24) is 10.2 Å². The molecule has 3 unspecified atom stereocenters. The summed E-state index contributed by atoms with van der Waals surface area (Å²) in [5.41, 5.74) is 0. The first kappa shape index (κ1) is 15.3. The van der Waals surface area contributed by atoms with Gasteiger partial charge in [-0.3, -0.25) is 4.90 Å². The second kappa shape index (κ2) is 8.23. The fourth-order valence-electron chi connectivity index (χ4n) is 3.74. The Hall–Kier alpha value is -0.120. The Morgan fingerprint density at radius 2 is 1.84 bits per heavy atom. The topological polar surface area (TPSA) is 35.5 Å². The van der Waals surface area contributed by atoms with Crippen LogP contribution in [0.2, 0.25) is 0 Å². The zero-order chi connectivity index (χ0) is 13.5. The van der Waals surface area contributed by atoms with Crippen molar-refractivity contribution in [2.24, 2.45) is 0 Å². The maximum atomic E-state index is 10.4. The highest BCUT2D eigenvalue weighted by Crippen LogP contribution is 2.23. The third-order valence-electron chi connectivity index (χ3n) is 4.79. The van der Waals surface area contributed by atoms with Gasteiger partial charge in [-0.25, -0.2) is 0 Å². The number of aliphatic hydroxyl groups is 1. The molecule has 3 atom stereocenters. The van der Waals surface area contributed by atoms with Crippen LogP contribution in [-0.2, 0) is 0 Å². The normalized spacial score (nSPS) is 33.3. The van der Waals surface area contributed by atoms with E-state index in [1.807, 2.05) is 0 Å². The largest absolute Gasteiger partial charge is 0.391 e. The molecule has 0 aromatic rings. The van der Waals surface area contributed by atoms with Gasteiger partial charge in [-0.1, -0.05) is 32.6 Å². The summed E-state index contributed by atoms with van der Waals surface area (Å²) in [6.07, 6.45) is 11.1. The Bertz CT molecular complexity index is 241. The van der Waals surface area contributed by atoms with Gasteiger partial charge in [0.1, 0.15) is 0 Å². The first-order valence-electron chi connectivity index (χ1n) is 8.46. The number of hydrogen-bond acceptors (Lipinski definition) is 3. The third-order valence-corrected chi connectivity index (χ3v) is 4.79. The van der Waals surface area contributed by atoms with Crippen LogP contribution in [0.3, 0.4) is 0 Å². The monoisotopic (exact) mass is 268 g/mol. The molecule has 3 heteroatoms. The highest BCUT2D eigenvalue weighted by Gasteiger charge is 2.28. The standard InChI is InChI=1S/C16H32N2O/c1-2-12-18(13-14-8-6-7-11-17-14)15-9-4-3-5-10-16(15)19/h14-17,19H,2-13H2,1H3. The number of nitrogens with zero attached hydrogens (tertiary/aromatic N) is 1. The van der Waals surface area contributed by atoms with Gasteiger partial charge in [-0.15, -0.1) is 0 Å². The molecule has 2 fully saturated rings. The SMILES string of the molecule is CCCN(CC1CCCCN1)C1CCCCCC1O. The van der Waals surface area contributed by atoms with E-state index in [4.69, 9.17) is 0 Å². The minimum atomic E-state index is -0.0994. The molecule has 2 aliphatic rings. The first-order chi connectivity index (χ1) is 9.31. The second-order valence-electron chi connectivity index (χ2n) is 6.41. The van der Waals surface area contributed by atoms with Crippen LogP contribution in [0, 0.1) is 0 Å². The van der Waals surface area contributed by atoms with Gasteiger partial charge in [0.25, 0.3) is 0 Å². The lowest BCUT2D eigenvalue weighted by molar-refractivity contribution is 0.0369. The van der Waals surface area contributed by atoms with Crippen molar-refractivity contribution in [2.45, 2.75) is 82.9 Å². The van der Waals surface area contributed by atoms with Crippen LogP contribution in [0.1, 0.15) is 64.7 Å². The van der Waals surface area contributed by atoms with Crippen LogP contribution in [0.25, 0.3) is 0 Å². The molecule has 0 spiro atoms. The predicted molar refractivity (Wildman–Crippen MR) is 80.4 cm³/mol. The minimum absolute atomic E-state index is 0.0994. The van der Waals surface area contributed by atoms with E-state index in [-0.39, 0.29) is 6.10 Å². The Labute approximate surface area is 118 Å². The lowest BCUT2D eigenvalue weighted by atomic mass is 10.00. The van der Waals surface area contributed by atoms with E-state index in [1.54, 1.807) is 0 Å². The van der Waals surface area contributed by atoms with Crippen LogP contribution in [0.4, 0.5) is 0 Å². The van der Waals surface area contributed by atoms with Crippen molar-refractivity contribution in [3.8, 4) is 0 Å². The molecular weight excluding hydrogens is 236 g/mol. The van der Waals surface area contributed by atoms with Gasteiger partial charge < -0.3 is 10.4 Å². The molecule has 1 heterocycles. The molecule has 1 aliphatic carbocycles. The molecule has 0 bridgehead atoms. The van der Waals surface area contributed by atoms with Crippen molar-refractivity contribution in [2.75, 3.05) is 19.6 Å². The quantitative estimate of drug-likeness (QED) is 0.752. The van der Waals surface area contributed by atoms with Crippen LogP contribution in [-0.4, -0.2) is 47.8 Å². The lowest BCUT2D eigenvalue weighted by Crippen LogP contribution is -2.50. The van der Waals surface area contributed by atoms with Crippen molar-refractivity contribution < 1.29 is 5.11 Å². The van der Waals surface area contributed by atoms with Crippen LogP contribution < -0.4 is 5.32 Å². The Morgan fingerprint density at radius 3 is 2.58 bits per heavy atom. The van der Waals surface area contributed by atoms with Crippen LogP contribution >= 0.6 is 0 Å². The lowest BCUT2D eigenvalue weighted by Gasteiger charge is -2.37. The number of aliphatic hydroxyl groups excluding tert-OH is 1. The molecule has 2 rings (SSSR count). The van der Waals surface area contributed by atoms with E-state index >= 15 is 0 Å².